The quantitative estimate of drug-likeness (QED) is 0.871. The molecule has 7 nitrogen and oxygen atoms in total. The van der Waals surface area contributed by atoms with Gasteiger partial charge in [-0.1, -0.05) is 25.9 Å². The van der Waals surface area contributed by atoms with Gasteiger partial charge in [0.25, 0.3) is 0 Å². The van der Waals surface area contributed by atoms with E-state index in [1.807, 2.05) is 27.7 Å². The Kier molecular flexibility index (Phi) is 5.11. The SMILES string of the molecule is COc1ccc(NC(C)=O)cc1NC(C)c1nc(C(C)(C)C)no1. The summed E-state index contributed by atoms with van der Waals surface area (Å²) >= 11 is 0. The van der Waals surface area contributed by atoms with Crippen LogP contribution >= 0.6 is 0 Å². The maximum Gasteiger partial charge on any atom is 0.248 e. The van der Waals surface area contributed by atoms with Crippen LogP contribution in [0.1, 0.15) is 52.4 Å². The lowest BCUT2D eigenvalue weighted by molar-refractivity contribution is -0.114. The first-order valence-corrected chi connectivity index (χ1v) is 7.77. The summed E-state index contributed by atoms with van der Waals surface area (Å²) in [6.07, 6.45) is 0. The van der Waals surface area contributed by atoms with Gasteiger partial charge in [-0.15, -0.1) is 0 Å². The van der Waals surface area contributed by atoms with E-state index in [4.69, 9.17) is 9.26 Å². The summed E-state index contributed by atoms with van der Waals surface area (Å²) in [5, 5.41) is 10.1. The molecule has 1 amide bonds. The van der Waals surface area contributed by atoms with E-state index in [9.17, 15) is 4.79 Å². The molecule has 1 heterocycles. The monoisotopic (exact) mass is 332 g/mol. The standard InChI is InChI=1S/C17H24N4O3/c1-10(15-20-16(21-24-15)17(3,4)5)18-13-9-12(19-11(2)22)7-8-14(13)23-6/h7-10,18H,1-6H3,(H,19,22). The van der Waals surface area contributed by atoms with Crippen LogP contribution in [0.4, 0.5) is 11.4 Å². The average Bonchev–Trinajstić information content (AvgIpc) is 2.97. The normalized spacial score (nSPS) is 12.6. The van der Waals surface area contributed by atoms with Crippen molar-refractivity contribution in [2.75, 3.05) is 17.7 Å². The highest BCUT2D eigenvalue weighted by molar-refractivity contribution is 5.89. The highest BCUT2D eigenvalue weighted by atomic mass is 16.5. The molecule has 1 aromatic heterocycles. The molecule has 2 aromatic rings. The van der Waals surface area contributed by atoms with Gasteiger partial charge in [0, 0.05) is 18.0 Å². The fraction of sp³-hybridized carbons (Fsp3) is 0.471. The molecule has 0 fully saturated rings. The molecular weight excluding hydrogens is 308 g/mol. The number of aromatic nitrogens is 2. The summed E-state index contributed by atoms with van der Waals surface area (Å²) in [6.45, 7) is 9.47. The summed E-state index contributed by atoms with van der Waals surface area (Å²) < 4.78 is 10.7. The van der Waals surface area contributed by atoms with E-state index in [1.54, 1.807) is 25.3 Å². The van der Waals surface area contributed by atoms with Crippen molar-refractivity contribution in [3.63, 3.8) is 0 Å². The van der Waals surface area contributed by atoms with Gasteiger partial charge in [0.15, 0.2) is 5.82 Å². The van der Waals surface area contributed by atoms with Crippen molar-refractivity contribution in [3.8, 4) is 5.75 Å². The largest absolute Gasteiger partial charge is 0.495 e. The molecular formula is C17H24N4O3. The van der Waals surface area contributed by atoms with Gasteiger partial charge in [-0.25, -0.2) is 0 Å². The highest BCUT2D eigenvalue weighted by Gasteiger charge is 2.23. The zero-order valence-corrected chi connectivity index (χ0v) is 14.9. The third-order valence-electron chi connectivity index (χ3n) is 3.37. The Morgan fingerprint density at radius 2 is 2.04 bits per heavy atom. The molecule has 0 saturated carbocycles. The van der Waals surface area contributed by atoms with Gasteiger partial charge >= 0.3 is 0 Å². The highest BCUT2D eigenvalue weighted by Crippen LogP contribution is 2.31. The van der Waals surface area contributed by atoms with Crippen molar-refractivity contribution in [3.05, 3.63) is 29.9 Å². The van der Waals surface area contributed by atoms with E-state index in [0.29, 0.717) is 23.2 Å². The molecule has 7 heteroatoms. The lowest BCUT2D eigenvalue weighted by Crippen LogP contribution is -2.14. The number of methoxy groups -OCH3 is 1. The fourth-order valence-corrected chi connectivity index (χ4v) is 2.11. The molecule has 2 N–H and O–H groups in total. The van der Waals surface area contributed by atoms with E-state index >= 15 is 0 Å². The van der Waals surface area contributed by atoms with E-state index < -0.39 is 0 Å². The minimum atomic E-state index is -0.213. The smallest absolute Gasteiger partial charge is 0.248 e. The van der Waals surface area contributed by atoms with Crippen LogP contribution in [0, 0.1) is 0 Å². The second-order valence-electron chi connectivity index (χ2n) is 6.67. The fourth-order valence-electron chi connectivity index (χ4n) is 2.11. The number of benzene rings is 1. The summed E-state index contributed by atoms with van der Waals surface area (Å²) in [4.78, 5) is 15.7. The van der Waals surface area contributed by atoms with Crippen LogP contribution < -0.4 is 15.4 Å². The zero-order valence-electron chi connectivity index (χ0n) is 14.9. The predicted molar refractivity (Wildman–Crippen MR) is 92.3 cm³/mol. The summed E-state index contributed by atoms with van der Waals surface area (Å²) in [7, 11) is 1.59. The van der Waals surface area contributed by atoms with Crippen molar-refractivity contribution in [2.24, 2.45) is 0 Å². The van der Waals surface area contributed by atoms with Crippen LogP contribution in [0.25, 0.3) is 0 Å². The topological polar surface area (TPSA) is 89.3 Å². The Labute approximate surface area is 141 Å². The Bertz CT molecular complexity index is 719. The van der Waals surface area contributed by atoms with Crippen molar-refractivity contribution in [1.29, 1.82) is 0 Å². The molecule has 24 heavy (non-hydrogen) atoms. The molecule has 0 aliphatic rings. The van der Waals surface area contributed by atoms with E-state index in [-0.39, 0.29) is 17.4 Å². The van der Waals surface area contributed by atoms with Gasteiger partial charge in [0.2, 0.25) is 11.8 Å². The van der Waals surface area contributed by atoms with E-state index in [2.05, 4.69) is 20.8 Å². The van der Waals surface area contributed by atoms with Gasteiger partial charge in [-0.2, -0.15) is 4.98 Å². The van der Waals surface area contributed by atoms with Crippen LogP contribution in [-0.4, -0.2) is 23.2 Å². The third kappa shape index (κ3) is 4.24. The van der Waals surface area contributed by atoms with Crippen LogP contribution in [-0.2, 0) is 10.2 Å². The molecule has 0 aliphatic heterocycles. The Morgan fingerprint density at radius 3 is 2.58 bits per heavy atom. The average molecular weight is 332 g/mol. The van der Waals surface area contributed by atoms with Gasteiger partial charge in [-0.3, -0.25) is 4.79 Å². The number of anilines is 2. The molecule has 0 bridgehead atoms. The molecule has 1 atom stereocenters. The lowest BCUT2D eigenvalue weighted by atomic mass is 9.96. The van der Waals surface area contributed by atoms with Crippen molar-refractivity contribution in [1.82, 2.24) is 10.1 Å². The van der Waals surface area contributed by atoms with Gasteiger partial charge < -0.3 is 19.9 Å². The number of carbonyl (C=O) groups excluding carboxylic acids is 1. The Balaban J connectivity index is 2.22. The molecule has 130 valence electrons. The molecule has 0 spiro atoms. The lowest BCUT2D eigenvalue weighted by Gasteiger charge is -2.16. The first-order valence-electron chi connectivity index (χ1n) is 7.77. The number of carbonyl (C=O) groups is 1. The van der Waals surface area contributed by atoms with Crippen LogP contribution in [0.3, 0.4) is 0 Å². The van der Waals surface area contributed by atoms with Crippen molar-refractivity contribution >= 4 is 17.3 Å². The first kappa shape index (κ1) is 17.8. The number of ether oxygens (including phenoxy) is 1. The Hall–Kier alpha value is -2.57. The number of hydrogen-bond acceptors (Lipinski definition) is 6. The minimum Gasteiger partial charge on any atom is -0.495 e. The summed E-state index contributed by atoms with van der Waals surface area (Å²) in [5.74, 6) is 1.68. The molecule has 1 aromatic carbocycles. The summed E-state index contributed by atoms with van der Waals surface area (Å²) in [6, 6.07) is 5.16. The number of nitrogens with one attached hydrogen (secondary N) is 2. The van der Waals surface area contributed by atoms with Crippen LogP contribution in [0.15, 0.2) is 22.7 Å². The van der Waals surface area contributed by atoms with Gasteiger partial charge in [0.05, 0.1) is 12.8 Å². The first-order chi connectivity index (χ1) is 11.2. The molecule has 0 radical (unpaired) electrons. The second kappa shape index (κ2) is 6.90. The molecule has 2 rings (SSSR count). The molecule has 0 aliphatic carbocycles. The number of rotatable bonds is 5. The molecule has 0 saturated heterocycles. The maximum atomic E-state index is 11.2. The zero-order chi connectivity index (χ0) is 17.9. The summed E-state index contributed by atoms with van der Waals surface area (Å²) in [5.41, 5.74) is 1.23. The van der Waals surface area contributed by atoms with Gasteiger partial charge in [0.1, 0.15) is 11.8 Å². The maximum absolute atomic E-state index is 11.2. The molecule has 1 unspecified atom stereocenters. The van der Waals surface area contributed by atoms with Gasteiger partial charge in [-0.05, 0) is 25.1 Å². The van der Waals surface area contributed by atoms with Crippen molar-refractivity contribution in [2.45, 2.75) is 46.1 Å². The van der Waals surface area contributed by atoms with Crippen LogP contribution in [0.2, 0.25) is 0 Å². The minimum absolute atomic E-state index is 0.133. The predicted octanol–water partition coefficient (Wildman–Crippen LogP) is 3.51. The second-order valence-corrected chi connectivity index (χ2v) is 6.67. The number of nitrogens with zero attached hydrogens (tertiary/aromatic N) is 2. The third-order valence-corrected chi connectivity index (χ3v) is 3.37. The van der Waals surface area contributed by atoms with E-state index in [0.717, 1.165) is 5.69 Å². The van der Waals surface area contributed by atoms with E-state index in [1.165, 1.54) is 6.92 Å². The number of hydrogen-bond donors (Lipinski definition) is 2. The van der Waals surface area contributed by atoms with Crippen molar-refractivity contribution < 1.29 is 14.1 Å². The van der Waals surface area contributed by atoms with Crippen LogP contribution in [0.5, 0.6) is 5.75 Å². The number of amides is 1. The Morgan fingerprint density at radius 1 is 1.33 bits per heavy atom.